The standard InChI is InChI=1S/C37H47NO12/c1-15-11-9-10-12-24(41)38-28-17(3)33(46)25-26(34(47)19(5)35(48)27(25)36(28)49)30(43)16(2)13-23(14-39)32(45)21(7)37(50-22(8)40)20(6)31(44)18(4)29(15)42/h9-13,15,18,20-21,23,29,31-32,37,39,42,44-45,47-48H,14H2,1-8H3,(H,38,41)/b11-9+,12-10-,16-13+/t15-,18+,20+,21+,23+,29-,31+,32+,37-/m0/s1. The molecule has 0 saturated heterocycles. The van der Waals surface area contributed by atoms with Crippen LogP contribution in [0.5, 0.6) is 11.5 Å². The van der Waals surface area contributed by atoms with Crippen LogP contribution in [0, 0.1) is 36.5 Å². The van der Waals surface area contributed by atoms with Gasteiger partial charge in [0.2, 0.25) is 11.7 Å². The molecule has 4 rings (SSSR count). The number of aliphatic hydroxyl groups excluding tert-OH is 4. The minimum Gasteiger partial charge on any atom is -0.507 e. The third-order valence-corrected chi connectivity index (χ3v) is 9.83. The van der Waals surface area contributed by atoms with Gasteiger partial charge in [0.25, 0.3) is 0 Å². The van der Waals surface area contributed by atoms with Crippen LogP contribution in [0.3, 0.4) is 0 Å². The van der Waals surface area contributed by atoms with Gasteiger partial charge >= 0.3 is 5.97 Å². The van der Waals surface area contributed by atoms with Crippen molar-refractivity contribution in [2.75, 3.05) is 6.61 Å². The lowest BCUT2D eigenvalue weighted by atomic mass is 9.76. The Labute approximate surface area is 290 Å². The summed E-state index contributed by atoms with van der Waals surface area (Å²) in [5, 5.41) is 68.6. The Morgan fingerprint density at radius 3 is 1.90 bits per heavy atom. The van der Waals surface area contributed by atoms with Gasteiger partial charge in [0, 0.05) is 53.7 Å². The maximum Gasteiger partial charge on any atom is 0.302 e. The molecule has 0 fully saturated rings. The first-order valence-electron chi connectivity index (χ1n) is 16.4. The normalized spacial score (nSPS) is 32.6. The predicted octanol–water partition coefficient (Wildman–Crippen LogP) is 2.60. The zero-order valence-corrected chi connectivity index (χ0v) is 29.4. The highest BCUT2D eigenvalue weighted by molar-refractivity contribution is 6.32. The number of fused-ring (bicyclic) bond motifs is 15. The van der Waals surface area contributed by atoms with Crippen LogP contribution in [0.1, 0.15) is 85.1 Å². The largest absolute Gasteiger partial charge is 0.507 e. The second-order valence-electron chi connectivity index (χ2n) is 13.3. The van der Waals surface area contributed by atoms with Gasteiger partial charge in [-0.3, -0.25) is 24.0 Å². The van der Waals surface area contributed by atoms with Crippen LogP contribution in [0.25, 0.3) is 0 Å². The number of aliphatic hydroxyl groups is 4. The number of Topliss-reactive ketones (excluding diaryl/α,β-unsaturated/α-hetero) is 3. The molecule has 9 atom stereocenters. The molecule has 7 N–H and O–H groups in total. The van der Waals surface area contributed by atoms with Crippen molar-refractivity contribution in [2.45, 2.75) is 79.8 Å². The fourth-order valence-electron chi connectivity index (χ4n) is 6.60. The smallest absolute Gasteiger partial charge is 0.302 e. The Bertz CT molecular complexity index is 1680. The number of ketones is 3. The van der Waals surface area contributed by atoms with Gasteiger partial charge in [-0.1, -0.05) is 52.0 Å². The average molecular weight is 698 g/mol. The quantitative estimate of drug-likeness (QED) is 0.221. The molecule has 4 bridgehead atoms. The molecule has 13 nitrogen and oxygen atoms in total. The second kappa shape index (κ2) is 16.1. The van der Waals surface area contributed by atoms with Crippen molar-refractivity contribution in [2.24, 2.45) is 29.6 Å². The maximum atomic E-state index is 14.0. The van der Waals surface area contributed by atoms with Gasteiger partial charge in [0.05, 0.1) is 47.3 Å². The van der Waals surface area contributed by atoms with Crippen LogP contribution in [-0.4, -0.2) is 90.9 Å². The van der Waals surface area contributed by atoms with Crippen LogP contribution in [-0.2, 0) is 14.3 Å². The van der Waals surface area contributed by atoms with Gasteiger partial charge in [-0.2, -0.15) is 0 Å². The number of rotatable bonds is 2. The molecular formula is C37H47NO12. The minimum atomic E-state index is -1.47. The molecule has 272 valence electrons. The highest BCUT2D eigenvalue weighted by Crippen LogP contribution is 2.43. The molecule has 0 saturated carbocycles. The first kappa shape index (κ1) is 40.0. The lowest BCUT2D eigenvalue weighted by Gasteiger charge is -2.38. The number of phenols is 2. The molecular weight excluding hydrogens is 650 g/mol. The monoisotopic (exact) mass is 697 g/mol. The Balaban J connectivity index is 2.28. The molecule has 1 aromatic carbocycles. The molecule has 2 heterocycles. The predicted molar refractivity (Wildman–Crippen MR) is 181 cm³/mol. The van der Waals surface area contributed by atoms with E-state index >= 15 is 0 Å². The van der Waals surface area contributed by atoms with Gasteiger partial charge < -0.3 is 40.7 Å². The topological polar surface area (TPSA) is 228 Å². The number of carbonyl (C=O) groups excluding carboxylic acids is 5. The van der Waals surface area contributed by atoms with Crippen molar-refractivity contribution in [3.05, 3.63) is 69.5 Å². The number of phenolic OH excluding ortho intramolecular Hbond substituents is 2. The number of nitrogens with one attached hydrogen (secondary N) is 1. The van der Waals surface area contributed by atoms with Gasteiger partial charge in [0.1, 0.15) is 17.6 Å². The first-order chi connectivity index (χ1) is 23.3. The van der Waals surface area contributed by atoms with Crippen LogP contribution in [0.4, 0.5) is 0 Å². The molecule has 1 amide bonds. The highest BCUT2D eigenvalue weighted by Gasteiger charge is 2.42. The summed E-state index contributed by atoms with van der Waals surface area (Å²) in [6.07, 6.45) is 1.72. The van der Waals surface area contributed by atoms with E-state index in [2.05, 4.69) is 5.32 Å². The fraction of sp³-hybridized carbons (Fsp3) is 0.486. The summed E-state index contributed by atoms with van der Waals surface area (Å²) < 4.78 is 5.56. The Hall–Kier alpha value is -4.43. The van der Waals surface area contributed by atoms with Crippen molar-refractivity contribution in [3.8, 4) is 11.5 Å². The molecule has 1 aromatic rings. The number of benzene rings is 1. The average Bonchev–Trinajstić information content (AvgIpc) is 3.08. The van der Waals surface area contributed by atoms with E-state index in [1.165, 1.54) is 45.9 Å². The molecule has 13 heteroatoms. The number of hydrogen-bond donors (Lipinski definition) is 7. The van der Waals surface area contributed by atoms with Crippen LogP contribution < -0.4 is 5.32 Å². The Kier molecular flexibility index (Phi) is 12.9. The zero-order chi connectivity index (χ0) is 37.9. The van der Waals surface area contributed by atoms with E-state index < -0.39 is 124 Å². The SMILES string of the molecule is CC(=O)O[C@H]1[C@H](C)[C@H](O)[C@H](C)[C@@H](O)[C@@H](C)/C=C/C=C\C(=O)NC2=C(C)C(=O)c3c(c(O)c(C)c(O)c3C(=O)/C(C)=C/[C@H](CO)[C@H](O)[C@H]1C)C2=O. The second-order valence-corrected chi connectivity index (χ2v) is 13.3. The molecule has 0 radical (unpaired) electrons. The number of amides is 1. The van der Waals surface area contributed by atoms with Gasteiger partial charge in [-0.15, -0.1) is 0 Å². The Morgan fingerprint density at radius 1 is 0.780 bits per heavy atom. The van der Waals surface area contributed by atoms with E-state index in [0.29, 0.717) is 0 Å². The number of aromatic hydroxyl groups is 2. The lowest BCUT2D eigenvalue weighted by molar-refractivity contribution is -0.162. The number of hydrogen-bond acceptors (Lipinski definition) is 12. The third-order valence-electron chi connectivity index (χ3n) is 9.83. The molecule has 2 aliphatic heterocycles. The lowest BCUT2D eigenvalue weighted by Crippen LogP contribution is -2.47. The van der Waals surface area contributed by atoms with Gasteiger partial charge in [-0.05, 0) is 26.3 Å². The van der Waals surface area contributed by atoms with Crippen LogP contribution in [0.15, 0.2) is 47.2 Å². The first-order valence-corrected chi connectivity index (χ1v) is 16.4. The summed E-state index contributed by atoms with van der Waals surface area (Å²) >= 11 is 0. The van der Waals surface area contributed by atoms with E-state index in [-0.39, 0.29) is 16.7 Å². The zero-order valence-electron chi connectivity index (χ0n) is 29.4. The summed E-state index contributed by atoms with van der Waals surface area (Å²) in [5.74, 6) is -10.1. The highest BCUT2D eigenvalue weighted by atomic mass is 16.5. The molecule has 50 heavy (non-hydrogen) atoms. The van der Waals surface area contributed by atoms with Crippen molar-refractivity contribution >= 4 is 29.2 Å². The number of ether oxygens (including phenoxy) is 1. The molecule has 0 unspecified atom stereocenters. The minimum absolute atomic E-state index is 0.155. The third kappa shape index (κ3) is 7.81. The molecule has 3 aliphatic rings. The molecule has 0 aromatic heterocycles. The van der Waals surface area contributed by atoms with Crippen molar-refractivity contribution in [1.82, 2.24) is 5.32 Å². The summed E-state index contributed by atoms with van der Waals surface area (Å²) in [6, 6.07) is 0. The van der Waals surface area contributed by atoms with Crippen LogP contribution in [0.2, 0.25) is 0 Å². The van der Waals surface area contributed by atoms with Crippen molar-refractivity contribution < 1.29 is 59.3 Å². The fourth-order valence-corrected chi connectivity index (χ4v) is 6.60. The summed E-state index contributed by atoms with van der Waals surface area (Å²) in [6.45, 7) is 10.7. The summed E-state index contributed by atoms with van der Waals surface area (Å²) in [4.78, 5) is 66.4. The molecule has 1 aliphatic carbocycles. The maximum absolute atomic E-state index is 14.0. The number of esters is 1. The van der Waals surface area contributed by atoms with Crippen molar-refractivity contribution in [3.63, 3.8) is 0 Å². The van der Waals surface area contributed by atoms with E-state index in [9.17, 15) is 54.6 Å². The van der Waals surface area contributed by atoms with Gasteiger partial charge in [-0.25, -0.2) is 0 Å². The van der Waals surface area contributed by atoms with E-state index in [1.807, 2.05) is 0 Å². The number of carbonyl (C=O) groups is 5. The Morgan fingerprint density at radius 2 is 1.34 bits per heavy atom. The van der Waals surface area contributed by atoms with Crippen molar-refractivity contribution in [1.29, 1.82) is 0 Å². The molecule has 0 spiro atoms. The van der Waals surface area contributed by atoms with E-state index in [1.54, 1.807) is 26.8 Å². The van der Waals surface area contributed by atoms with E-state index in [0.717, 1.165) is 13.0 Å². The van der Waals surface area contributed by atoms with Gasteiger partial charge in [0.15, 0.2) is 11.6 Å². The van der Waals surface area contributed by atoms with Crippen LogP contribution >= 0.6 is 0 Å². The number of allylic oxidation sites excluding steroid dienone is 5. The summed E-state index contributed by atoms with van der Waals surface area (Å²) in [5.41, 5.74) is -2.89. The van der Waals surface area contributed by atoms with E-state index in [4.69, 9.17) is 4.74 Å². The summed E-state index contributed by atoms with van der Waals surface area (Å²) in [7, 11) is 0.